The number of nitrogens with zero attached hydrogens (tertiary/aromatic N) is 4. The zero-order chi connectivity index (χ0) is 27.2. The van der Waals surface area contributed by atoms with E-state index >= 15 is 0 Å². The number of halogens is 1. The Hall–Kier alpha value is -3.95. The van der Waals surface area contributed by atoms with E-state index in [0.29, 0.717) is 35.0 Å². The summed E-state index contributed by atoms with van der Waals surface area (Å²) in [6.45, 7) is 1.07. The average Bonchev–Trinajstić information content (AvgIpc) is 3.63. The Morgan fingerprint density at radius 2 is 1.90 bits per heavy atom. The predicted octanol–water partition coefficient (Wildman–Crippen LogP) is 4.16. The predicted molar refractivity (Wildman–Crippen MR) is 147 cm³/mol. The van der Waals surface area contributed by atoms with Crippen LogP contribution >= 0.6 is 11.6 Å². The number of aromatic nitrogens is 3. The minimum absolute atomic E-state index is 0.0419. The van der Waals surface area contributed by atoms with Crippen LogP contribution in [0, 0.1) is 0 Å². The summed E-state index contributed by atoms with van der Waals surface area (Å²) in [5, 5.41) is 11.9. The molecule has 202 valence electrons. The summed E-state index contributed by atoms with van der Waals surface area (Å²) < 4.78 is 12.6. The number of hydrogen-bond acceptors (Lipinski definition) is 6. The van der Waals surface area contributed by atoms with E-state index in [1.165, 1.54) is 0 Å². The highest BCUT2D eigenvalue weighted by Gasteiger charge is 2.33. The van der Waals surface area contributed by atoms with Crippen molar-refractivity contribution in [1.29, 1.82) is 0 Å². The molecular weight excluding hydrogens is 518 g/mol. The first-order chi connectivity index (χ1) is 19.0. The fraction of sp³-hybridized carbons (Fsp3) is 0.310. The number of para-hydroxylation sites is 1. The van der Waals surface area contributed by atoms with E-state index in [1.54, 1.807) is 47.0 Å². The summed E-state index contributed by atoms with van der Waals surface area (Å²) in [6, 6.07) is 20.9. The summed E-state index contributed by atoms with van der Waals surface area (Å²) in [5.74, 6) is 0.0357. The van der Waals surface area contributed by atoms with Crippen molar-refractivity contribution >= 4 is 34.4 Å². The van der Waals surface area contributed by atoms with E-state index in [1.807, 2.05) is 42.5 Å². The molecule has 1 N–H and O–H groups in total. The molecule has 0 bridgehead atoms. The number of amides is 2. The van der Waals surface area contributed by atoms with Crippen molar-refractivity contribution in [2.24, 2.45) is 0 Å². The second-order valence-electron chi connectivity index (χ2n) is 9.40. The number of carbonyl (C=O) groups is 2. The summed E-state index contributed by atoms with van der Waals surface area (Å²) in [7, 11) is 1.58. The topological polar surface area (TPSA) is 98.6 Å². The molecule has 4 aromatic rings. The SMILES string of the molecule is COc1ccc([C@H](C(=O)NC[C@H]2CCCO2)N(Cc2ccccc2Cl)C(=O)Cn2nnc3ccccc32)cc1. The second-order valence-corrected chi connectivity index (χ2v) is 9.81. The molecule has 1 aliphatic heterocycles. The first-order valence-corrected chi connectivity index (χ1v) is 13.3. The monoisotopic (exact) mass is 547 g/mol. The average molecular weight is 548 g/mol. The number of nitrogens with one attached hydrogen (secondary N) is 1. The number of methoxy groups -OCH3 is 1. The van der Waals surface area contributed by atoms with E-state index in [4.69, 9.17) is 21.1 Å². The van der Waals surface area contributed by atoms with Crippen LogP contribution in [0.25, 0.3) is 11.0 Å². The minimum Gasteiger partial charge on any atom is -0.497 e. The van der Waals surface area contributed by atoms with Crippen LogP contribution in [0.5, 0.6) is 5.75 Å². The van der Waals surface area contributed by atoms with E-state index in [9.17, 15) is 9.59 Å². The van der Waals surface area contributed by atoms with Gasteiger partial charge in [0.05, 0.1) is 18.7 Å². The lowest BCUT2D eigenvalue weighted by atomic mass is 10.0. The van der Waals surface area contributed by atoms with Gasteiger partial charge in [-0.05, 0) is 54.3 Å². The Balaban J connectivity index is 1.51. The van der Waals surface area contributed by atoms with Crippen LogP contribution in [0.3, 0.4) is 0 Å². The molecule has 0 spiro atoms. The Morgan fingerprint density at radius 1 is 1.13 bits per heavy atom. The van der Waals surface area contributed by atoms with Crippen LogP contribution in [-0.4, -0.2) is 58.1 Å². The lowest BCUT2D eigenvalue weighted by Crippen LogP contribution is -2.46. The van der Waals surface area contributed by atoms with Gasteiger partial charge in [0.25, 0.3) is 0 Å². The van der Waals surface area contributed by atoms with Gasteiger partial charge in [-0.3, -0.25) is 9.59 Å². The van der Waals surface area contributed by atoms with Crippen molar-refractivity contribution in [3.05, 3.63) is 88.9 Å². The second kappa shape index (κ2) is 12.3. The molecule has 2 atom stereocenters. The molecule has 1 fully saturated rings. The molecule has 0 aliphatic carbocycles. The van der Waals surface area contributed by atoms with Gasteiger partial charge in [0, 0.05) is 24.7 Å². The van der Waals surface area contributed by atoms with Gasteiger partial charge in [0.1, 0.15) is 23.9 Å². The van der Waals surface area contributed by atoms with Gasteiger partial charge in [0.15, 0.2) is 0 Å². The van der Waals surface area contributed by atoms with Crippen molar-refractivity contribution in [3.63, 3.8) is 0 Å². The molecule has 1 aliphatic rings. The van der Waals surface area contributed by atoms with Crippen LogP contribution in [-0.2, 0) is 27.4 Å². The number of benzene rings is 3. The number of hydrogen-bond donors (Lipinski definition) is 1. The van der Waals surface area contributed by atoms with Crippen molar-refractivity contribution in [2.75, 3.05) is 20.3 Å². The minimum atomic E-state index is -0.934. The quantitative estimate of drug-likeness (QED) is 0.320. The molecule has 1 aromatic heterocycles. The van der Waals surface area contributed by atoms with Crippen molar-refractivity contribution in [3.8, 4) is 5.75 Å². The van der Waals surface area contributed by atoms with Crippen LogP contribution in [0.1, 0.15) is 30.0 Å². The van der Waals surface area contributed by atoms with Crippen LogP contribution in [0.2, 0.25) is 5.02 Å². The fourth-order valence-corrected chi connectivity index (χ4v) is 4.96. The number of ether oxygens (including phenoxy) is 2. The third-order valence-corrected chi connectivity index (χ3v) is 7.21. The van der Waals surface area contributed by atoms with E-state index in [0.717, 1.165) is 23.9 Å². The van der Waals surface area contributed by atoms with Gasteiger partial charge in [-0.2, -0.15) is 0 Å². The normalized spacial score (nSPS) is 15.7. The third-order valence-electron chi connectivity index (χ3n) is 6.84. The maximum Gasteiger partial charge on any atom is 0.247 e. The molecule has 5 rings (SSSR count). The molecule has 0 unspecified atom stereocenters. The van der Waals surface area contributed by atoms with Crippen molar-refractivity contribution in [2.45, 2.75) is 38.1 Å². The molecular formula is C29H30ClN5O4. The molecule has 9 nitrogen and oxygen atoms in total. The largest absolute Gasteiger partial charge is 0.497 e. The Kier molecular flexibility index (Phi) is 8.39. The molecule has 0 saturated carbocycles. The number of carbonyl (C=O) groups excluding carboxylic acids is 2. The van der Waals surface area contributed by atoms with Crippen LogP contribution in [0.4, 0.5) is 0 Å². The summed E-state index contributed by atoms with van der Waals surface area (Å²) in [4.78, 5) is 29.4. The first kappa shape index (κ1) is 26.6. The zero-order valence-electron chi connectivity index (χ0n) is 21.6. The summed E-state index contributed by atoms with van der Waals surface area (Å²) in [6.07, 6.45) is 1.81. The Labute approximate surface area is 231 Å². The highest BCUT2D eigenvalue weighted by atomic mass is 35.5. The molecule has 2 heterocycles. The lowest BCUT2D eigenvalue weighted by molar-refractivity contribution is -0.142. The Bertz CT molecular complexity index is 1440. The van der Waals surface area contributed by atoms with Crippen LogP contribution < -0.4 is 10.1 Å². The van der Waals surface area contributed by atoms with E-state index in [2.05, 4.69) is 15.6 Å². The number of rotatable bonds is 10. The van der Waals surface area contributed by atoms with Gasteiger partial charge in [0.2, 0.25) is 11.8 Å². The zero-order valence-corrected chi connectivity index (χ0v) is 22.4. The van der Waals surface area contributed by atoms with Crippen LogP contribution in [0.15, 0.2) is 72.8 Å². The molecule has 2 amide bonds. The molecule has 3 aromatic carbocycles. The standard InChI is InChI=1S/C29H30ClN5O4/c1-38-22-14-12-20(13-15-22)28(29(37)31-17-23-8-6-16-39-23)34(18-21-7-2-3-9-24(21)30)27(36)19-35-26-11-5-4-10-25(26)32-33-35/h2-5,7,9-15,23,28H,6,8,16-19H2,1H3,(H,31,37)/t23-,28-/m1/s1. The lowest BCUT2D eigenvalue weighted by Gasteiger charge is -2.32. The van der Waals surface area contributed by atoms with Gasteiger partial charge in [-0.15, -0.1) is 5.10 Å². The van der Waals surface area contributed by atoms with Gasteiger partial charge in [-0.1, -0.05) is 59.3 Å². The van der Waals surface area contributed by atoms with E-state index in [-0.39, 0.29) is 31.0 Å². The molecule has 0 radical (unpaired) electrons. The molecule has 10 heteroatoms. The van der Waals surface area contributed by atoms with Crippen molar-refractivity contribution < 1.29 is 19.1 Å². The maximum absolute atomic E-state index is 14.0. The van der Waals surface area contributed by atoms with E-state index < -0.39 is 6.04 Å². The first-order valence-electron chi connectivity index (χ1n) is 12.9. The van der Waals surface area contributed by atoms with Gasteiger partial charge < -0.3 is 19.7 Å². The smallest absolute Gasteiger partial charge is 0.247 e. The summed E-state index contributed by atoms with van der Waals surface area (Å²) in [5.41, 5.74) is 2.78. The van der Waals surface area contributed by atoms with Gasteiger partial charge >= 0.3 is 0 Å². The Morgan fingerprint density at radius 3 is 2.64 bits per heavy atom. The highest BCUT2D eigenvalue weighted by molar-refractivity contribution is 6.31. The molecule has 39 heavy (non-hydrogen) atoms. The van der Waals surface area contributed by atoms with Crippen molar-refractivity contribution in [1.82, 2.24) is 25.2 Å². The maximum atomic E-state index is 14.0. The number of fused-ring (bicyclic) bond motifs is 1. The highest BCUT2D eigenvalue weighted by Crippen LogP contribution is 2.28. The molecule has 1 saturated heterocycles. The van der Waals surface area contributed by atoms with Gasteiger partial charge in [-0.25, -0.2) is 4.68 Å². The fourth-order valence-electron chi connectivity index (χ4n) is 4.76. The summed E-state index contributed by atoms with van der Waals surface area (Å²) >= 11 is 6.51. The third kappa shape index (κ3) is 6.21.